The summed E-state index contributed by atoms with van der Waals surface area (Å²) in [5.41, 5.74) is 2.84. The van der Waals surface area contributed by atoms with E-state index in [1.807, 2.05) is 24.3 Å². The second-order valence-corrected chi connectivity index (χ2v) is 6.80. The number of hydrogen-bond acceptors (Lipinski definition) is 2. The molecule has 2 aromatic rings. The van der Waals surface area contributed by atoms with Crippen LogP contribution in [-0.2, 0) is 9.84 Å². The molecule has 0 aromatic heterocycles. The average molecular weight is 258 g/mol. The van der Waals surface area contributed by atoms with Crippen LogP contribution in [0.2, 0.25) is 0 Å². The Morgan fingerprint density at radius 1 is 0.889 bits per heavy atom. The van der Waals surface area contributed by atoms with Gasteiger partial charge < -0.3 is 0 Å². The van der Waals surface area contributed by atoms with Gasteiger partial charge in [0.1, 0.15) is 0 Å². The van der Waals surface area contributed by atoms with Gasteiger partial charge in [0, 0.05) is 11.1 Å². The third kappa shape index (κ3) is 1.44. The van der Waals surface area contributed by atoms with Crippen molar-refractivity contribution in [2.24, 2.45) is 0 Å². The Bertz CT molecular complexity index is 728. The summed E-state index contributed by atoms with van der Waals surface area (Å²) in [5.74, 6) is 0.394. The Kier molecular flexibility index (Phi) is 2.35. The van der Waals surface area contributed by atoms with Crippen molar-refractivity contribution >= 4 is 9.84 Å². The minimum atomic E-state index is -3.31. The molecule has 0 radical (unpaired) electrons. The summed E-state index contributed by atoms with van der Waals surface area (Å²) in [6.07, 6.45) is 0. The van der Waals surface area contributed by atoms with Gasteiger partial charge in [0.15, 0.2) is 0 Å². The number of rotatable bonds is 1. The highest BCUT2D eigenvalue weighted by molar-refractivity contribution is 7.92. The molecule has 3 heteroatoms. The maximum absolute atomic E-state index is 12.4. The zero-order valence-corrected chi connectivity index (χ0v) is 11.2. The fourth-order valence-electron chi connectivity index (χ4n) is 2.39. The van der Waals surface area contributed by atoms with E-state index in [0.29, 0.717) is 15.7 Å². The van der Waals surface area contributed by atoms with Gasteiger partial charge in [-0.15, -0.1) is 0 Å². The van der Waals surface area contributed by atoms with Crippen LogP contribution < -0.4 is 0 Å². The average Bonchev–Trinajstić information content (AvgIpc) is 2.59. The molecule has 0 unspecified atom stereocenters. The summed E-state index contributed by atoms with van der Waals surface area (Å²) in [6.45, 7) is 4.22. The van der Waals surface area contributed by atoms with E-state index < -0.39 is 9.84 Å². The SMILES string of the molecule is CC(C)c1ccc2c(c1)-c1ccccc1S2(=O)=O. The van der Waals surface area contributed by atoms with Crippen molar-refractivity contribution in [2.75, 3.05) is 0 Å². The van der Waals surface area contributed by atoms with Gasteiger partial charge in [-0.2, -0.15) is 0 Å². The molecular weight excluding hydrogens is 244 g/mol. The Morgan fingerprint density at radius 2 is 1.56 bits per heavy atom. The van der Waals surface area contributed by atoms with Gasteiger partial charge in [-0.3, -0.25) is 0 Å². The van der Waals surface area contributed by atoms with Gasteiger partial charge in [-0.25, -0.2) is 8.42 Å². The molecule has 0 atom stereocenters. The Hall–Kier alpha value is -1.61. The molecule has 0 amide bonds. The van der Waals surface area contributed by atoms with E-state index in [-0.39, 0.29) is 0 Å². The minimum Gasteiger partial charge on any atom is -0.218 e. The minimum absolute atomic E-state index is 0.394. The van der Waals surface area contributed by atoms with Crippen LogP contribution in [0.15, 0.2) is 52.3 Å². The van der Waals surface area contributed by atoms with Crippen molar-refractivity contribution in [1.82, 2.24) is 0 Å². The normalized spacial score (nSPS) is 15.5. The maximum atomic E-state index is 12.4. The highest BCUT2D eigenvalue weighted by atomic mass is 32.2. The molecule has 92 valence electrons. The summed E-state index contributed by atoms with van der Waals surface area (Å²) in [7, 11) is -3.31. The molecule has 3 rings (SSSR count). The molecule has 1 aliphatic heterocycles. The Morgan fingerprint density at radius 3 is 2.28 bits per heavy atom. The summed E-state index contributed by atoms with van der Waals surface area (Å²) >= 11 is 0. The summed E-state index contributed by atoms with van der Waals surface area (Å²) in [4.78, 5) is 0.869. The standard InChI is InChI=1S/C15H14O2S/c1-10(2)11-7-8-15-13(9-11)12-5-3-4-6-14(12)18(15,16)17/h3-10H,1-2H3. The van der Waals surface area contributed by atoms with Crippen LogP contribution in [-0.4, -0.2) is 8.42 Å². The molecule has 0 aliphatic carbocycles. The van der Waals surface area contributed by atoms with Crippen LogP contribution >= 0.6 is 0 Å². The van der Waals surface area contributed by atoms with Gasteiger partial charge in [-0.05, 0) is 29.7 Å². The van der Waals surface area contributed by atoms with Crippen molar-refractivity contribution in [2.45, 2.75) is 29.6 Å². The second-order valence-electron chi connectivity index (χ2n) is 4.91. The van der Waals surface area contributed by atoms with Gasteiger partial charge in [-0.1, -0.05) is 38.1 Å². The third-order valence-electron chi connectivity index (χ3n) is 3.43. The zero-order chi connectivity index (χ0) is 12.9. The molecule has 0 fully saturated rings. The number of benzene rings is 2. The van der Waals surface area contributed by atoms with Crippen molar-refractivity contribution in [3.63, 3.8) is 0 Å². The molecule has 2 aromatic carbocycles. The molecule has 0 saturated heterocycles. The lowest BCUT2D eigenvalue weighted by atomic mass is 9.97. The first-order valence-electron chi connectivity index (χ1n) is 6.00. The van der Waals surface area contributed by atoms with Crippen molar-refractivity contribution < 1.29 is 8.42 Å². The molecule has 0 saturated carbocycles. The Balaban J connectivity index is 2.37. The lowest BCUT2D eigenvalue weighted by Gasteiger charge is -2.07. The molecule has 1 aliphatic rings. The molecule has 0 bridgehead atoms. The zero-order valence-electron chi connectivity index (χ0n) is 10.3. The van der Waals surface area contributed by atoms with E-state index in [1.54, 1.807) is 18.2 Å². The highest BCUT2D eigenvalue weighted by Crippen LogP contribution is 2.43. The monoisotopic (exact) mass is 258 g/mol. The predicted molar refractivity (Wildman–Crippen MR) is 71.4 cm³/mol. The first-order chi connectivity index (χ1) is 8.51. The number of sulfone groups is 1. The van der Waals surface area contributed by atoms with Gasteiger partial charge in [0.05, 0.1) is 9.79 Å². The Labute approximate surface area is 107 Å². The lowest BCUT2D eigenvalue weighted by molar-refractivity contribution is 0.598. The maximum Gasteiger partial charge on any atom is 0.207 e. The largest absolute Gasteiger partial charge is 0.218 e. The van der Waals surface area contributed by atoms with E-state index in [2.05, 4.69) is 13.8 Å². The highest BCUT2D eigenvalue weighted by Gasteiger charge is 2.32. The third-order valence-corrected chi connectivity index (χ3v) is 5.30. The molecule has 18 heavy (non-hydrogen) atoms. The molecular formula is C15H14O2S. The second kappa shape index (κ2) is 3.69. The lowest BCUT2D eigenvalue weighted by Crippen LogP contribution is -1.96. The quantitative estimate of drug-likeness (QED) is 0.668. The van der Waals surface area contributed by atoms with Crippen LogP contribution in [0, 0.1) is 0 Å². The van der Waals surface area contributed by atoms with E-state index in [1.165, 1.54) is 5.56 Å². The van der Waals surface area contributed by atoms with Crippen molar-refractivity contribution in [3.05, 3.63) is 48.0 Å². The van der Waals surface area contributed by atoms with E-state index in [0.717, 1.165) is 11.1 Å². The van der Waals surface area contributed by atoms with Crippen LogP contribution in [0.1, 0.15) is 25.3 Å². The molecule has 2 nitrogen and oxygen atoms in total. The van der Waals surface area contributed by atoms with Crippen molar-refractivity contribution in [1.29, 1.82) is 0 Å². The van der Waals surface area contributed by atoms with Crippen LogP contribution in [0.3, 0.4) is 0 Å². The fraction of sp³-hybridized carbons (Fsp3) is 0.200. The first kappa shape index (κ1) is 11.5. The van der Waals surface area contributed by atoms with Gasteiger partial charge in [0.25, 0.3) is 0 Å². The summed E-state index contributed by atoms with van der Waals surface area (Å²) in [5, 5.41) is 0. The predicted octanol–water partition coefficient (Wildman–Crippen LogP) is 3.62. The fourth-order valence-corrected chi connectivity index (χ4v) is 4.06. The molecule has 0 spiro atoms. The van der Waals surface area contributed by atoms with Crippen LogP contribution in [0.25, 0.3) is 11.1 Å². The first-order valence-corrected chi connectivity index (χ1v) is 7.48. The smallest absolute Gasteiger partial charge is 0.207 e. The van der Waals surface area contributed by atoms with E-state index >= 15 is 0 Å². The van der Waals surface area contributed by atoms with E-state index in [9.17, 15) is 8.42 Å². The summed E-state index contributed by atoms with van der Waals surface area (Å²) < 4.78 is 24.7. The summed E-state index contributed by atoms with van der Waals surface area (Å²) in [6, 6.07) is 12.9. The van der Waals surface area contributed by atoms with Crippen LogP contribution in [0.5, 0.6) is 0 Å². The van der Waals surface area contributed by atoms with Crippen LogP contribution in [0.4, 0.5) is 0 Å². The number of fused-ring (bicyclic) bond motifs is 3. The number of hydrogen-bond donors (Lipinski definition) is 0. The van der Waals surface area contributed by atoms with E-state index in [4.69, 9.17) is 0 Å². The van der Waals surface area contributed by atoms with Gasteiger partial charge >= 0.3 is 0 Å². The molecule has 0 N–H and O–H groups in total. The van der Waals surface area contributed by atoms with Gasteiger partial charge in [0.2, 0.25) is 9.84 Å². The topological polar surface area (TPSA) is 34.1 Å². The molecule has 1 heterocycles. The van der Waals surface area contributed by atoms with Crippen molar-refractivity contribution in [3.8, 4) is 11.1 Å².